The van der Waals surface area contributed by atoms with Crippen molar-refractivity contribution in [3.63, 3.8) is 0 Å². The highest BCUT2D eigenvalue weighted by molar-refractivity contribution is 5.23. The van der Waals surface area contributed by atoms with Crippen LogP contribution < -0.4 is 11.2 Å². The Morgan fingerprint density at radius 2 is 1.65 bits per heavy atom. The molecule has 0 saturated heterocycles. The van der Waals surface area contributed by atoms with Gasteiger partial charge in [-0.25, -0.2) is 4.79 Å². The van der Waals surface area contributed by atoms with Crippen molar-refractivity contribution in [1.82, 2.24) is 9.55 Å². The molecule has 23 heavy (non-hydrogen) atoms. The van der Waals surface area contributed by atoms with Gasteiger partial charge in [-0.3, -0.25) is 14.3 Å². The monoisotopic (exact) mass is 316 g/mol. The molecule has 0 atom stereocenters. The molecular weight excluding hydrogens is 292 g/mol. The van der Waals surface area contributed by atoms with Crippen LogP contribution in [0.5, 0.6) is 0 Å². The number of aliphatic hydroxyl groups excluding tert-OH is 1. The molecule has 2 N–H and O–H groups in total. The van der Waals surface area contributed by atoms with Gasteiger partial charge < -0.3 is 5.11 Å². The average molecular weight is 316 g/mol. The van der Waals surface area contributed by atoms with E-state index < -0.39 is 0 Å². The summed E-state index contributed by atoms with van der Waals surface area (Å²) in [6.45, 7) is 2.42. The van der Waals surface area contributed by atoms with Gasteiger partial charge in [-0.1, -0.05) is 37.1 Å². The van der Waals surface area contributed by atoms with Crippen molar-refractivity contribution in [2.24, 2.45) is 0 Å². The molecule has 0 bridgehead atoms. The molecule has 0 aliphatic heterocycles. The molecule has 5 nitrogen and oxygen atoms in total. The minimum atomic E-state index is -0.381. The molecule has 1 aromatic heterocycles. The van der Waals surface area contributed by atoms with E-state index in [0.29, 0.717) is 12.1 Å². The molecule has 0 aliphatic rings. The lowest BCUT2D eigenvalue weighted by molar-refractivity contribution is 0.282. The number of aryl methyl sites for hydroxylation is 2. The zero-order valence-electron chi connectivity index (χ0n) is 13.5. The van der Waals surface area contributed by atoms with Crippen LogP contribution in [0.4, 0.5) is 0 Å². The summed E-state index contributed by atoms with van der Waals surface area (Å²) >= 11 is 0. The predicted molar refractivity (Wildman–Crippen MR) is 90.9 cm³/mol. The summed E-state index contributed by atoms with van der Waals surface area (Å²) in [7, 11) is 0. The third kappa shape index (κ3) is 5.21. The summed E-state index contributed by atoms with van der Waals surface area (Å²) in [4.78, 5) is 25.5. The van der Waals surface area contributed by atoms with Crippen LogP contribution >= 0.6 is 0 Å². The summed E-state index contributed by atoms with van der Waals surface area (Å²) in [6.07, 6.45) is 6.83. The first-order chi connectivity index (χ1) is 11.1. The standard InChI is InChI=1S/C18H24N2O3/c1-14-12-20(18(23)19-17(14)22)13-16-9-7-15(8-10-16)6-4-2-3-5-11-21/h7-10,12,21H,2-6,11,13H2,1H3,(H,19,22,23). The SMILES string of the molecule is Cc1cn(Cc2ccc(CCCCCCO)cc2)c(=O)[nH]c1=O. The van der Waals surface area contributed by atoms with Crippen LogP contribution in [0, 0.1) is 6.92 Å². The molecule has 5 heteroatoms. The van der Waals surface area contributed by atoms with Crippen molar-refractivity contribution in [2.75, 3.05) is 6.61 Å². The number of aliphatic hydroxyl groups is 1. The van der Waals surface area contributed by atoms with E-state index in [1.807, 2.05) is 12.1 Å². The van der Waals surface area contributed by atoms with Gasteiger partial charge in [0.25, 0.3) is 5.56 Å². The Bertz CT molecular complexity index is 729. The Kier molecular flexibility index (Phi) is 6.35. The van der Waals surface area contributed by atoms with Crippen LogP contribution in [0.2, 0.25) is 0 Å². The lowest BCUT2D eigenvalue weighted by atomic mass is 10.0. The van der Waals surface area contributed by atoms with E-state index in [-0.39, 0.29) is 17.9 Å². The highest BCUT2D eigenvalue weighted by atomic mass is 16.3. The number of rotatable bonds is 8. The quantitative estimate of drug-likeness (QED) is 0.731. The van der Waals surface area contributed by atoms with Crippen LogP contribution in [-0.4, -0.2) is 21.3 Å². The van der Waals surface area contributed by atoms with E-state index in [2.05, 4.69) is 17.1 Å². The van der Waals surface area contributed by atoms with E-state index in [4.69, 9.17) is 5.11 Å². The number of nitrogens with zero attached hydrogens (tertiary/aromatic N) is 1. The number of H-pyrrole nitrogens is 1. The molecule has 1 aromatic carbocycles. The number of hydrogen-bond donors (Lipinski definition) is 2. The van der Waals surface area contributed by atoms with E-state index in [1.54, 1.807) is 13.1 Å². The molecule has 2 aromatic rings. The summed E-state index contributed by atoms with van der Waals surface area (Å²) in [5.74, 6) is 0. The third-order valence-electron chi connectivity index (χ3n) is 3.94. The first-order valence-electron chi connectivity index (χ1n) is 8.09. The second-order valence-corrected chi connectivity index (χ2v) is 5.90. The summed E-state index contributed by atoms with van der Waals surface area (Å²) in [5.41, 5.74) is 2.13. The number of aromatic nitrogens is 2. The molecule has 2 rings (SSSR count). The topological polar surface area (TPSA) is 75.1 Å². The summed E-state index contributed by atoms with van der Waals surface area (Å²) < 4.78 is 1.51. The van der Waals surface area contributed by atoms with E-state index in [9.17, 15) is 9.59 Å². The first kappa shape index (κ1) is 17.2. The molecule has 1 heterocycles. The number of nitrogens with one attached hydrogen (secondary N) is 1. The molecule has 0 saturated carbocycles. The van der Waals surface area contributed by atoms with E-state index in [1.165, 1.54) is 10.1 Å². The maximum atomic E-state index is 11.8. The predicted octanol–water partition coefficient (Wildman–Crippen LogP) is 1.99. The molecule has 0 aliphatic carbocycles. The summed E-state index contributed by atoms with van der Waals surface area (Å²) in [5, 5.41) is 8.74. The molecule has 0 fully saturated rings. The zero-order chi connectivity index (χ0) is 16.7. The lowest BCUT2D eigenvalue weighted by Crippen LogP contribution is -2.31. The van der Waals surface area contributed by atoms with Crippen molar-refractivity contribution in [1.29, 1.82) is 0 Å². The Hall–Kier alpha value is -2.14. The summed E-state index contributed by atoms with van der Waals surface area (Å²) in [6, 6.07) is 8.22. The number of unbranched alkanes of at least 4 members (excludes halogenated alkanes) is 3. The fraction of sp³-hybridized carbons (Fsp3) is 0.444. The van der Waals surface area contributed by atoms with Crippen LogP contribution in [0.15, 0.2) is 40.1 Å². The largest absolute Gasteiger partial charge is 0.396 e. The van der Waals surface area contributed by atoms with Crippen molar-refractivity contribution in [3.05, 3.63) is 68.0 Å². The second kappa shape index (κ2) is 8.48. The minimum Gasteiger partial charge on any atom is -0.396 e. The third-order valence-corrected chi connectivity index (χ3v) is 3.94. The average Bonchev–Trinajstić information content (AvgIpc) is 2.54. The van der Waals surface area contributed by atoms with Crippen molar-refractivity contribution < 1.29 is 5.11 Å². The van der Waals surface area contributed by atoms with Gasteiger partial charge in [0.15, 0.2) is 0 Å². The van der Waals surface area contributed by atoms with Crippen LogP contribution in [-0.2, 0) is 13.0 Å². The van der Waals surface area contributed by atoms with Crippen molar-refractivity contribution >= 4 is 0 Å². The fourth-order valence-electron chi connectivity index (χ4n) is 2.54. The van der Waals surface area contributed by atoms with E-state index in [0.717, 1.165) is 37.7 Å². The maximum Gasteiger partial charge on any atom is 0.328 e. The van der Waals surface area contributed by atoms with E-state index >= 15 is 0 Å². The second-order valence-electron chi connectivity index (χ2n) is 5.90. The highest BCUT2D eigenvalue weighted by Gasteiger charge is 2.02. The Balaban J connectivity index is 1.94. The Morgan fingerprint density at radius 1 is 1.00 bits per heavy atom. The molecular formula is C18H24N2O3. The van der Waals surface area contributed by atoms with Crippen LogP contribution in [0.3, 0.4) is 0 Å². The van der Waals surface area contributed by atoms with Crippen LogP contribution in [0.1, 0.15) is 42.4 Å². The molecule has 0 amide bonds. The fourth-order valence-corrected chi connectivity index (χ4v) is 2.54. The lowest BCUT2D eigenvalue weighted by Gasteiger charge is -2.07. The Labute approximate surface area is 135 Å². The van der Waals surface area contributed by atoms with Gasteiger partial charge in [-0.05, 0) is 37.3 Å². The maximum absolute atomic E-state index is 11.8. The highest BCUT2D eigenvalue weighted by Crippen LogP contribution is 2.10. The minimum absolute atomic E-state index is 0.276. The van der Waals surface area contributed by atoms with Gasteiger partial charge in [-0.15, -0.1) is 0 Å². The van der Waals surface area contributed by atoms with Crippen LogP contribution in [0.25, 0.3) is 0 Å². The smallest absolute Gasteiger partial charge is 0.328 e. The molecule has 124 valence electrons. The molecule has 0 unspecified atom stereocenters. The van der Waals surface area contributed by atoms with Gasteiger partial charge in [-0.2, -0.15) is 0 Å². The molecule has 0 spiro atoms. The zero-order valence-corrected chi connectivity index (χ0v) is 13.5. The van der Waals surface area contributed by atoms with Gasteiger partial charge in [0.2, 0.25) is 0 Å². The van der Waals surface area contributed by atoms with Gasteiger partial charge in [0.1, 0.15) is 0 Å². The van der Waals surface area contributed by atoms with Gasteiger partial charge >= 0.3 is 5.69 Å². The number of aromatic amines is 1. The van der Waals surface area contributed by atoms with Gasteiger partial charge in [0.05, 0.1) is 6.54 Å². The molecule has 0 radical (unpaired) electrons. The van der Waals surface area contributed by atoms with Crippen molar-refractivity contribution in [3.8, 4) is 0 Å². The Morgan fingerprint density at radius 3 is 2.35 bits per heavy atom. The van der Waals surface area contributed by atoms with Crippen molar-refractivity contribution in [2.45, 2.75) is 45.6 Å². The number of hydrogen-bond acceptors (Lipinski definition) is 3. The number of benzene rings is 1. The first-order valence-corrected chi connectivity index (χ1v) is 8.09. The van der Waals surface area contributed by atoms with Gasteiger partial charge in [0, 0.05) is 18.4 Å². The normalized spacial score (nSPS) is 10.9.